The summed E-state index contributed by atoms with van der Waals surface area (Å²) in [4.78, 5) is 15.4. The van der Waals surface area contributed by atoms with E-state index < -0.39 is 5.97 Å². The van der Waals surface area contributed by atoms with Crippen LogP contribution >= 0.6 is 0 Å². The van der Waals surface area contributed by atoms with E-state index in [0.717, 1.165) is 23.6 Å². The molecule has 0 amide bonds. The molecular formula is C12H16N2O2. The van der Waals surface area contributed by atoms with Crippen molar-refractivity contribution in [2.45, 2.75) is 39.7 Å². The lowest BCUT2D eigenvalue weighted by Gasteiger charge is -2.10. The van der Waals surface area contributed by atoms with E-state index in [1.165, 1.54) is 0 Å². The van der Waals surface area contributed by atoms with Crippen LogP contribution in [0.1, 0.15) is 37.0 Å². The van der Waals surface area contributed by atoms with Gasteiger partial charge in [0.1, 0.15) is 12.4 Å². The predicted molar refractivity (Wildman–Crippen MR) is 58.3 cm³/mol. The van der Waals surface area contributed by atoms with E-state index in [-0.39, 0.29) is 6.54 Å². The highest BCUT2D eigenvalue weighted by atomic mass is 16.4. The van der Waals surface area contributed by atoms with Gasteiger partial charge >= 0.3 is 5.97 Å². The molecule has 0 saturated heterocycles. The van der Waals surface area contributed by atoms with Crippen molar-refractivity contribution in [3.63, 3.8) is 0 Å². The molecule has 0 aliphatic heterocycles. The number of carbonyl (C=O) groups is 1. The van der Waals surface area contributed by atoms with Crippen LogP contribution < -0.4 is 0 Å². The number of hydrogen-bond donors (Lipinski definition) is 1. The molecule has 0 aromatic carbocycles. The van der Waals surface area contributed by atoms with Crippen LogP contribution in [-0.2, 0) is 17.8 Å². The molecule has 2 aliphatic carbocycles. The maximum absolute atomic E-state index is 10.8. The Labute approximate surface area is 94.3 Å². The third kappa shape index (κ3) is 1.05. The first kappa shape index (κ1) is 9.87. The van der Waals surface area contributed by atoms with Gasteiger partial charge in [-0.2, -0.15) is 0 Å². The van der Waals surface area contributed by atoms with E-state index in [1.807, 2.05) is 11.5 Å². The Balaban J connectivity index is 2.01. The van der Waals surface area contributed by atoms with Crippen LogP contribution in [0.4, 0.5) is 0 Å². The maximum atomic E-state index is 10.8. The first-order valence-corrected chi connectivity index (χ1v) is 5.70. The largest absolute Gasteiger partial charge is 0.480 e. The van der Waals surface area contributed by atoms with Gasteiger partial charge in [0.05, 0.1) is 5.69 Å². The molecule has 1 aromatic heterocycles. The normalized spacial score (nSPS) is 28.7. The molecule has 0 unspecified atom stereocenters. The fourth-order valence-corrected chi connectivity index (χ4v) is 3.32. The van der Waals surface area contributed by atoms with Crippen LogP contribution in [0.2, 0.25) is 0 Å². The van der Waals surface area contributed by atoms with Gasteiger partial charge in [-0.3, -0.25) is 4.79 Å². The lowest BCUT2D eigenvalue weighted by Crippen LogP contribution is -2.14. The van der Waals surface area contributed by atoms with Crippen molar-refractivity contribution in [3.05, 3.63) is 17.2 Å². The standard InChI is InChI=1S/C12H16N2O2/c1-6-13-11-8(14(6)5-9(15)16)4-7-10(11)12(7,2)3/h7,10H,4-5H2,1-3H3,(H,15,16)/t7-,10+/m0/s1. The molecule has 2 atom stereocenters. The molecule has 86 valence electrons. The summed E-state index contributed by atoms with van der Waals surface area (Å²) in [6, 6.07) is 0. The minimum atomic E-state index is -0.789. The number of rotatable bonds is 2. The van der Waals surface area contributed by atoms with Gasteiger partial charge in [0, 0.05) is 11.6 Å². The third-order valence-electron chi connectivity index (χ3n) is 4.35. The smallest absolute Gasteiger partial charge is 0.323 e. The summed E-state index contributed by atoms with van der Waals surface area (Å²) in [7, 11) is 0. The molecule has 1 saturated carbocycles. The second-order valence-electron chi connectivity index (χ2n) is 5.58. The Bertz CT molecular complexity index is 487. The van der Waals surface area contributed by atoms with Crippen molar-refractivity contribution in [1.82, 2.24) is 9.55 Å². The van der Waals surface area contributed by atoms with Gasteiger partial charge in [-0.05, 0) is 24.7 Å². The van der Waals surface area contributed by atoms with Crippen LogP contribution in [0.15, 0.2) is 0 Å². The highest BCUT2D eigenvalue weighted by molar-refractivity contribution is 5.67. The number of aliphatic carboxylic acids is 1. The second kappa shape index (κ2) is 2.67. The highest BCUT2D eigenvalue weighted by Gasteiger charge is 2.64. The number of carboxylic acids is 1. The molecule has 0 radical (unpaired) electrons. The minimum absolute atomic E-state index is 0.0496. The summed E-state index contributed by atoms with van der Waals surface area (Å²) in [5.74, 6) is 1.30. The van der Waals surface area contributed by atoms with Gasteiger partial charge < -0.3 is 9.67 Å². The molecule has 16 heavy (non-hydrogen) atoms. The molecular weight excluding hydrogens is 204 g/mol. The zero-order valence-corrected chi connectivity index (χ0v) is 9.82. The van der Waals surface area contributed by atoms with Crippen LogP contribution in [0.25, 0.3) is 0 Å². The van der Waals surface area contributed by atoms with Crippen molar-refractivity contribution < 1.29 is 9.90 Å². The fourth-order valence-electron chi connectivity index (χ4n) is 3.32. The number of fused-ring (bicyclic) bond motifs is 3. The van der Waals surface area contributed by atoms with Crippen molar-refractivity contribution in [1.29, 1.82) is 0 Å². The molecule has 1 N–H and O–H groups in total. The van der Waals surface area contributed by atoms with Gasteiger partial charge in [-0.15, -0.1) is 0 Å². The van der Waals surface area contributed by atoms with Crippen LogP contribution in [0, 0.1) is 18.3 Å². The van der Waals surface area contributed by atoms with Crippen molar-refractivity contribution in [3.8, 4) is 0 Å². The second-order valence-corrected chi connectivity index (χ2v) is 5.58. The quantitative estimate of drug-likeness (QED) is 0.823. The minimum Gasteiger partial charge on any atom is -0.480 e. The van der Waals surface area contributed by atoms with Gasteiger partial charge in [0.15, 0.2) is 0 Å². The molecule has 4 heteroatoms. The number of nitrogens with zero attached hydrogens (tertiary/aromatic N) is 2. The first-order valence-electron chi connectivity index (χ1n) is 5.70. The Morgan fingerprint density at radius 1 is 1.62 bits per heavy atom. The monoisotopic (exact) mass is 220 g/mol. The van der Waals surface area contributed by atoms with E-state index in [4.69, 9.17) is 5.11 Å². The molecule has 1 fully saturated rings. The Kier molecular flexibility index (Phi) is 1.65. The first-order chi connectivity index (χ1) is 7.43. The zero-order chi connectivity index (χ0) is 11.7. The van der Waals surface area contributed by atoms with E-state index >= 15 is 0 Å². The average Bonchev–Trinajstić information content (AvgIpc) is 2.49. The van der Waals surface area contributed by atoms with Gasteiger partial charge in [-0.25, -0.2) is 4.98 Å². The average molecular weight is 220 g/mol. The Morgan fingerprint density at radius 3 is 2.94 bits per heavy atom. The van der Waals surface area contributed by atoms with Gasteiger partial charge in [0.2, 0.25) is 0 Å². The Morgan fingerprint density at radius 2 is 2.31 bits per heavy atom. The molecule has 2 aliphatic rings. The van der Waals surface area contributed by atoms with E-state index in [9.17, 15) is 4.79 Å². The third-order valence-corrected chi connectivity index (χ3v) is 4.35. The zero-order valence-electron chi connectivity index (χ0n) is 9.82. The van der Waals surface area contributed by atoms with Crippen LogP contribution in [-0.4, -0.2) is 20.6 Å². The number of aromatic nitrogens is 2. The molecule has 3 rings (SSSR count). The SMILES string of the molecule is Cc1nc2c(n1CC(=O)O)C[C@H]1[C@H]2C1(C)C. The maximum Gasteiger partial charge on any atom is 0.323 e. The summed E-state index contributed by atoms with van der Waals surface area (Å²) in [6.07, 6.45) is 1.00. The van der Waals surface area contributed by atoms with Gasteiger partial charge in [-0.1, -0.05) is 13.8 Å². The summed E-state index contributed by atoms with van der Waals surface area (Å²) >= 11 is 0. The summed E-state index contributed by atoms with van der Waals surface area (Å²) in [5, 5.41) is 8.87. The Hall–Kier alpha value is -1.32. The summed E-state index contributed by atoms with van der Waals surface area (Å²) < 4.78 is 1.86. The molecule has 0 spiro atoms. The van der Waals surface area contributed by atoms with E-state index in [0.29, 0.717) is 17.3 Å². The van der Waals surface area contributed by atoms with Crippen LogP contribution in [0.3, 0.4) is 0 Å². The van der Waals surface area contributed by atoms with Gasteiger partial charge in [0.25, 0.3) is 0 Å². The number of imidazole rings is 1. The number of carboxylic acid groups (broad SMARTS) is 1. The van der Waals surface area contributed by atoms with Crippen molar-refractivity contribution in [2.24, 2.45) is 11.3 Å². The van der Waals surface area contributed by atoms with E-state index in [1.54, 1.807) is 0 Å². The highest BCUT2D eigenvalue weighted by Crippen LogP contribution is 2.69. The number of hydrogen-bond acceptors (Lipinski definition) is 2. The lowest BCUT2D eigenvalue weighted by molar-refractivity contribution is -0.137. The van der Waals surface area contributed by atoms with Crippen molar-refractivity contribution in [2.75, 3.05) is 0 Å². The molecule has 0 bridgehead atoms. The number of aryl methyl sites for hydroxylation is 1. The summed E-state index contributed by atoms with van der Waals surface area (Å²) in [5.41, 5.74) is 2.70. The fraction of sp³-hybridized carbons (Fsp3) is 0.667. The molecule has 1 heterocycles. The predicted octanol–water partition coefficient (Wildman–Crippen LogP) is 1.57. The topological polar surface area (TPSA) is 55.1 Å². The van der Waals surface area contributed by atoms with Crippen molar-refractivity contribution >= 4 is 5.97 Å². The van der Waals surface area contributed by atoms with E-state index in [2.05, 4.69) is 18.8 Å². The van der Waals surface area contributed by atoms with Crippen LogP contribution in [0.5, 0.6) is 0 Å². The molecule has 4 nitrogen and oxygen atoms in total. The lowest BCUT2D eigenvalue weighted by atomic mass is 10.0. The molecule has 1 aromatic rings. The summed E-state index contributed by atoms with van der Waals surface area (Å²) in [6.45, 7) is 6.49.